The van der Waals surface area contributed by atoms with Gasteiger partial charge in [-0.2, -0.15) is 0 Å². The molecule has 1 rings (SSSR count). The second kappa shape index (κ2) is 12.9. The molecule has 1 aliphatic rings. The van der Waals surface area contributed by atoms with Gasteiger partial charge in [-0.3, -0.25) is 0 Å². The maximum absolute atomic E-state index is 6.13. The van der Waals surface area contributed by atoms with Crippen molar-refractivity contribution in [2.75, 3.05) is 13.2 Å². The summed E-state index contributed by atoms with van der Waals surface area (Å²) in [5, 5.41) is 0. The number of allylic oxidation sites excluding steroid dienone is 1. The van der Waals surface area contributed by atoms with Crippen LogP contribution < -0.4 is 0 Å². The zero-order valence-electron chi connectivity index (χ0n) is 16.2. The summed E-state index contributed by atoms with van der Waals surface area (Å²) in [5.74, 6) is 0. The van der Waals surface area contributed by atoms with E-state index in [-0.39, 0.29) is 30.7 Å². The highest BCUT2D eigenvalue weighted by molar-refractivity contribution is 4.82. The smallest absolute Gasteiger partial charge is 0.184 e. The molecular formula is C20H38O4. The average molecular weight is 343 g/mol. The highest BCUT2D eigenvalue weighted by atomic mass is 16.7. The van der Waals surface area contributed by atoms with E-state index >= 15 is 0 Å². The van der Waals surface area contributed by atoms with Crippen LogP contribution in [0.5, 0.6) is 0 Å². The van der Waals surface area contributed by atoms with E-state index in [0.29, 0.717) is 0 Å². The van der Waals surface area contributed by atoms with Crippen molar-refractivity contribution in [1.82, 2.24) is 0 Å². The molecule has 0 saturated carbocycles. The summed E-state index contributed by atoms with van der Waals surface area (Å²) in [7, 11) is 0. The number of rotatable bonds is 13. The minimum absolute atomic E-state index is 0.0319. The predicted molar refractivity (Wildman–Crippen MR) is 98.2 cm³/mol. The van der Waals surface area contributed by atoms with Crippen LogP contribution in [0.4, 0.5) is 0 Å². The Balaban J connectivity index is 2.57. The molecule has 1 saturated heterocycles. The molecule has 24 heavy (non-hydrogen) atoms. The van der Waals surface area contributed by atoms with Crippen LogP contribution >= 0.6 is 0 Å². The van der Waals surface area contributed by atoms with Gasteiger partial charge in [0, 0.05) is 19.6 Å². The Morgan fingerprint density at radius 1 is 1.12 bits per heavy atom. The van der Waals surface area contributed by atoms with Crippen molar-refractivity contribution < 1.29 is 18.9 Å². The van der Waals surface area contributed by atoms with Crippen LogP contribution in [-0.4, -0.2) is 43.9 Å². The summed E-state index contributed by atoms with van der Waals surface area (Å²) in [6, 6.07) is 0. The summed E-state index contributed by atoms with van der Waals surface area (Å²) in [6.45, 7) is 13.8. The van der Waals surface area contributed by atoms with Gasteiger partial charge in [0.15, 0.2) is 6.29 Å². The van der Waals surface area contributed by atoms with Gasteiger partial charge in [0.1, 0.15) is 6.10 Å². The molecule has 0 aromatic heterocycles. The molecule has 142 valence electrons. The second-order valence-corrected chi connectivity index (χ2v) is 6.78. The molecule has 0 aromatic carbocycles. The first-order valence-electron chi connectivity index (χ1n) is 9.77. The predicted octanol–water partition coefficient (Wildman–Crippen LogP) is 4.86. The third-order valence-corrected chi connectivity index (χ3v) is 4.44. The molecule has 1 heterocycles. The van der Waals surface area contributed by atoms with Gasteiger partial charge < -0.3 is 18.9 Å². The Bertz CT molecular complexity index is 321. The van der Waals surface area contributed by atoms with Crippen molar-refractivity contribution in [3.8, 4) is 0 Å². The fraction of sp³-hybridized carbons (Fsp3) is 0.900. The molecular weight excluding hydrogens is 304 g/mol. The van der Waals surface area contributed by atoms with E-state index in [2.05, 4.69) is 34.3 Å². The Labute approximate surface area is 148 Å². The van der Waals surface area contributed by atoms with E-state index in [0.717, 1.165) is 58.2 Å². The van der Waals surface area contributed by atoms with Gasteiger partial charge in [-0.15, -0.1) is 6.58 Å². The molecule has 0 N–H and O–H groups in total. The first-order chi connectivity index (χ1) is 11.6. The normalized spacial score (nSPS) is 28.7. The fourth-order valence-electron chi connectivity index (χ4n) is 2.80. The van der Waals surface area contributed by atoms with E-state index in [4.69, 9.17) is 18.9 Å². The van der Waals surface area contributed by atoms with Gasteiger partial charge in [0.05, 0.1) is 18.3 Å². The number of unbranched alkanes of at least 4 members (excludes halogenated alkanes) is 2. The van der Waals surface area contributed by atoms with Gasteiger partial charge in [-0.1, -0.05) is 32.8 Å². The molecule has 0 aliphatic carbocycles. The van der Waals surface area contributed by atoms with E-state index in [1.54, 1.807) is 0 Å². The van der Waals surface area contributed by atoms with Crippen LogP contribution in [0.3, 0.4) is 0 Å². The van der Waals surface area contributed by atoms with Crippen molar-refractivity contribution in [1.29, 1.82) is 0 Å². The van der Waals surface area contributed by atoms with E-state index < -0.39 is 0 Å². The van der Waals surface area contributed by atoms with Gasteiger partial charge in [-0.25, -0.2) is 0 Å². The van der Waals surface area contributed by atoms with Crippen LogP contribution in [0.25, 0.3) is 0 Å². The highest BCUT2D eigenvalue weighted by Gasteiger charge is 2.38. The SMILES string of the molecule is C=CCC[C@@H](C)O[C@H]1OC(C)[C@@H](OCCCC)C[C@H]1OCCCC. The summed E-state index contributed by atoms with van der Waals surface area (Å²) in [6.07, 6.45) is 9.00. The Kier molecular flexibility index (Phi) is 11.6. The van der Waals surface area contributed by atoms with Crippen LogP contribution in [0.15, 0.2) is 12.7 Å². The van der Waals surface area contributed by atoms with E-state index in [1.807, 2.05) is 6.08 Å². The lowest BCUT2D eigenvalue weighted by molar-refractivity contribution is -0.287. The van der Waals surface area contributed by atoms with Gasteiger partial charge in [0.25, 0.3) is 0 Å². The molecule has 4 nitrogen and oxygen atoms in total. The average Bonchev–Trinajstić information content (AvgIpc) is 2.56. The molecule has 0 aromatic rings. The zero-order valence-corrected chi connectivity index (χ0v) is 16.2. The standard InChI is InChI=1S/C20H38O4/c1-6-9-12-16(4)23-20-19(22-14-11-8-3)15-18(17(5)24-20)21-13-10-7-2/h6,16-20H,1,7-15H2,2-5H3/t16-,17?,18+,19-,20+/m1/s1. The lowest BCUT2D eigenvalue weighted by Crippen LogP contribution is -2.50. The molecule has 0 spiro atoms. The lowest BCUT2D eigenvalue weighted by Gasteiger charge is -2.40. The third kappa shape index (κ3) is 8.11. The van der Waals surface area contributed by atoms with Gasteiger partial charge in [0.2, 0.25) is 0 Å². The molecule has 4 heteroatoms. The van der Waals surface area contributed by atoms with Crippen molar-refractivity contribution in [2.24, 2.45) is 0 Å². The Morgan fingerprint density at radius 3 is 2.33 bits per heavy atom. The highest BCUT2D eigenvalue weighted by Crippen LogP contribution is 2.27. The van der Waals surface area contributed by atoms with Gasteiger partial charge >= 0.3 is 0 Å². The maximum Gasteiger partial charge on any atom is 0.184 e. The first-order valence-corrected chi connectivity index (χ1v) is 9.77. The summed E-state index contributed by atoms with van der Waals surface area (Å²) in [4.78, 5) is 0. The summed E-state index contributed by atoms with van der Waals surface area (Å²) < 4.78 is 24.3. The van der Waals surface area contributed by atoms with Crippen LogP contribution in [0, 0.1) is 0 Å². The second-order valence-electron chi connectivity index (χ2n) is 6.78. The minimum atomic E-state index is -0.303. The largest absolute Gasteiger partial charge is 0.375 e. The maximum atomic E-state index is 6.13. The molecule has 1 fully saturated rings. The lowest BCUT2D eigenvalue weighted by atomic mass is 10.0. The zero-order chi connectivity index (χ0) is 17.8. The third-order valence-electron chi connectivity index (χ3n) is 4.44. The number of hydrogen-bond donors (Lipinski definition) is 0. The monoisotopic (exact) mass is 342 g/mol. The molecule has 1 aliphatic heterocycles. The summed E-state index contributed by atoms with van der Waals surface area (Å²) >= 11 is 0. The van der Waals surface area contributed by atoms with Crippen molar-refractivity contribution >= 4 is 0 Å². The van der Waals surface area contributed by atoms with E-state index in [9.17, 15) is 0 Å². The minimum Gasteiger partial charge on any atom is -0.375 e. The molecule has 5 atom stereocenters. The Morgan fingerprint density at radius 2 is 1.75 bits per heavy atom. The van der Waals surface area contributed by atoms with Crippen LogP contribution in [0.1, 0.15) is 72.6 Å². The van der Waals surface area contributed by atoms with Crippen LogP contribution in [-0.2, 0) is 18.9 Å². The topological polar surface area (TPSA) is 36.9 Å². The number of hydrogen-bond acceptors (Lipinski definition) is 4. The van der Waals surface area contributed by atoms with Crippen LogP contribution in [0.2, 0.25) is 0 Å². The molecule has 0 radical (unpaired) electrons. The molecule has 1 unspecified atom stereocenters. The summed E-state index contributed by atoms with van der Waals surface area (Å²) in [5.41, 5.74) is 0. The quantitative estimate of drug-likeness (QED) is 0.354. The Hall–Kier alpha value is -0.420. The fourth-order valence-corrected chi connectivity index (χ4v) is 2.80. The van der Waals surface area contributed by atoms with E-state index in [1.165, 1.54) is 0 Å². The molecule has 0 amide bonds. The number of ether oxygens (including phenoxy) is 4. The molecule has 0 bridgehead atoms. The van der Waals surface area contributed by atoms with Crippen molar-refractivity contribution in [3.63, 3.8) is 0 Å². The first kappa shape index (κ1) is 21.6. The van der Waals surface area contributed by atoms with Gasteiger partial charge in [-0.05, 0) is 39.5 Å². The van der Waals surface area contributed by atoms with Crippen molar-refractivity contribution in [2.45, 2.75) is 103 Å². The van der Waals surface area contributed by atoms with Crippen molar-refractivity contribution in [3.05, 3.63) is 12.7 Å².